The minimum absolute atomic E-state index is 0.167. The van der Waals surface area contributed by atoms with Crippen LogP contribution in [0.3, 0.4) is 0 Å². The first kappa shape index (κ1) is 24.3. The van der Waals surface area contributed by atoms with Crippen LogP contribution >= 0.6 is 0 Å². The van der Waals surface area contributed by atoms with Gasteiger partial charge >= 0.3 is 0 Å². The molecule has 37 heavy (non-hydrogen) atoms. The number of hydrogen-bond donors (Lipinski definition) is 2. The molecule has 7 nitrogen and oxygen atoms in total. The van der Waals surface area contributed by atoms with Gasteiger partial charge in [0, 0.05) is 26.2 Å². The van der Waals surface area contributed by atoms with Crippen LogP contribution in [0, 0.1) is 19.3 Å². The van der Waals surface area contributed by atoms with Gasteiger partial charge in [0.1, 0.15) is 11.4 Å². The van der Waals surface area contributed by atoms with Crippen LogP contribution in [0.25, 0.3) is 22.3 Å². The lowest BCUT2D eigenvalue weighted by Crippen LogP contribution is -2.25. The fourth-order valence-electron chi connectivity index (χ4n) is 4.90. The van der Waals surface area contributed by atoms with Crippen LogP contribution in [0.4, 0.5) is 0 Å². The minimum atomic E-state index is -0.167. The van der Waals surface area contributed by atoms with E-state index >= 15 is 0 Å². The number of fused-ring (bicyclic) bond motifs is 1. The number of nitrogens with zero attached hydrogens (tertiary/aromatic N) is 4. The second kappa shape index (κ2) is 9.93. The monoisotopic (exact) mass is 492 g/mol. The normalized spacial score (nSPS) is 11.2. The maximum Gasteiger partial charge on any atom is 0.269 e. The number of para-hydroxylation sites is 2. The molecule has 5 rings (SSSR count). The lowest BCUT2D eigenvalue weighted by molar-refractivity contribution is 0.0955. The predicted molar refractivity (Wildman–Crippen MR) is 147 cm³/mol. The van der Waals surface area contributed by atoms with Gasteiger partial charge in [-0.2, -0.15) is 0 Å². The Hall–Kier alpha value is -4.39. The number of aromatic nitrogens is 4. The first-order chi connectivity index (χ1) is 17.9. The summed E-state index contributed by atoms with van der Waals surface area (Å²) in [5.41, 5.74) is 9.28. The Labute approximate surface area is 216 Å². The summed E-state index contributed by atoms with van der Waals surface area (Å²) in [5.74, 6) is -0.167. The quantitative estimate of drug-likeness (QED) is 0.348. The fourth-order valence-corrected chi connectivity index (χ4v) is 4.90. The molecular weight excluding hydrogens is 460 g/mol. The zero-order valence-corrected chi connectivity index (χ0v) is 21.7. The van der Waals surface area contributed by atoms with E-state index in [9.17, 15) is 4.79 Å². The van der Waals surface area contributed by atoms with Crippen molar-refractivity contribution in [2.75, 3.05) is 7.05 Å². The smallest absolute Gasteiger partial charge is 0.269 e. The van der Waals surface area contributed by atoms with Crippen molar-refractivity contribution in [2.45, 2.75) is 33.4 Å². The van der Waals surface area contributed by atoms with Crippen LogP contribution in [0.15, 0.2) is 73.1 Å². The van der Waals surface area contributed by atoms with Crippen LogP contribution in [0.1, 0.15) is 32.7 Å². The standard InChI is InChI=1S/C30H32N6O/c1-20-9-12-22(13-10-20)15-16-35-25-7-5-6-8-26(25)36(30(35)31)18-23-14-11-21(2)24(17-23)27-28(29(37)32-3)34(4)19-33-27/h5-14,17,19,31H,15-16,18H2,1-4H3,(H,32,37). The number of carbonyl (C=O) groups is 1. The van der Waals surface area contributed by atoms with Crippen LogP contribution in [0.2, 0.25) is 0 Å². The highest BCUT2D eigenvalue weighted by Gasteiger charge is 2.19. The zero-order chi connectivity index (χ0) is 26.1. The molecule has 7 heteroatoms. The summed E-state index contributed by atoms with van der Waals surface area (Å²) in [5, 5.41) is 11.8. The highest BCUT2D eigenvalue weighted by Crippen LogP contribution is 2.27. The summed E-state index contributed by atoms with van der Waals surface area (Å²) < 4.78 is 5.89. The molecule has 0 aliphatic carbocycles. The van der Waals surface area contributed by atoms with E-state index in [0.29, 0.717) is 23.6 Å². The number of hydrogen-bond acceptors (Lipinski definition) is 3. The Kier molecular flexibility index (Phi) is 6.53. The third-order valence-electron chi connectivity index (χ3n) is 7.00. The first-order valence-corrected chi connectivity index (χ1v) is 12.5. The molecule has 0 saturated carbocycles. The van der Waals surface area contributed by atoms with Crippen molar-refractivity contribution in [1.29, 1.82) is 5.41 Å². The average molecular weight is 493 g/mol. The molecule has 0 spiro atoms. The molecule has 3 aromatic carbocycles. The third kappa shape index (κ3) is 4.60. The number of rotatable bonds is 7. The SMILES string of the molecule is CNC(=O)c1c(-c2cc(Cn3c(=N)n(CCc4ccc(C)cc4)c4ccccc43)ccc2C)ncn1C. The van der Waals surface area contributed by atoms with Crippen molar-refractivity contribution < 1.29 is 4.79 Å². The largest absolute Gasteiger partial charge is 0.354 e. The van der Waals surface area contributed by atoms with Crippen molar-refractivity contribution >= 4 is 16.9 Å². The van der Waals surface area contributed by atoms with Crippen LogP contribution < -0.4 is 10.9 Å². The average Bonchev–Trinajstić information content (AvgIpc) is 3.41. The van der Waals surface area contributed by atoms with Crippen LogP contribution in [-0.2, 0) is 26.6 Å². The maximum absolute atomic E-state index is 12.5. The summed E-state index contributed by atoms with van der Waals surface area (Å²) in [6.45, 7) is 5.41. The molecular formula is C30H32N6O. The van der Waals surface area contributed by atoms with E-state index in [2.05, 4.69) is 81.0 Å². The van der Waals surface area contributed by atoms with E-state index in [1.807, 2.05) is 26.1 Å². The van der Waals surface area contributed by atoms with E-state index in [1.54, 1.807) is 17.9 Å². The highest BCUT2D eigenvalue weighted by molar-refractivity contribution is 5.98. The Balaban J connectivity index is 1.51. The van der Waals surface area contributed by atoms with E-state index in [4.69, 9.17) is 5.41 Å². The maximum atomic E-state index is 12.5. The lowest BCUT2D eigenvalue weighted by atomic mass is 10.0. The van der Waals surface area contributed by atoms with Gasteiger partial charge in [0.2, 0.25) is 5.62 Å². The van der Waals surface area contributed by atoms with E-state index in [1.165, 1.54) is 11.1 Å². The van der Waals surface area contributed by atoms with Crippen LogP contribution in [-0.4, -0.2) is 31.6 Å². The Morgan fingerprint density at radius 1 is 0.946 bits per heavy atom. The molecule has 0 saturated heterocycles. The van der Waals surface area contributed by atoms with Crippen molar-refractivity contribution in [3.63, 3.8) is 0 Å². The fraction of sp³-hybridized carbons (Fsp3) is 0.233. The number of amides is 1. The van der Waals surface area contributed by atoms with Gasteiger partial charge in [-0.1, -0.05) is 54.1 Å². The number of carbonyl (C=O) groups excluding carboxylic acids is 1. The van der Waals surface area contributed by atoms with E-state index in [-0.39, 0.29) is 5.91 Å². The van der Waals surface area contributed by atoms with Gasteiger partial charge in [-0.3, -0.25) is 10.2 Å². The number of nitrogens with one attached hydrogen (secondary N) is 2. The van der Waals surface area contributed by atoms with Crippen molar-refractivity contribution in [1.82, 2.24) is 24.0 Å². The summed E-state index contributed by atoms with van der Waals surface area (Å²) in [7, 11) is 3.46. The Bertz CT molecular complexity index is 1650. The molecule has 0 radical (unpaired) electrons. The molecule has 1 amide bonds. The molecule has 5 aromatic rings. The third-order valence-corrected chi connectivity index (χ3v) is 7.00. The predicted octanol–water partition coefficient (Wildman–Crippen LogP) is 4.59. The van der Waals surface area contributed by atoms with Crippen molar-refractivity contribution in [2.24, 2.45) is 7.05 Å². The zero-order valence-electron chi connectivity index (χ0n) is 21.7. The van der Waals surface area contributed by atoms with Gasteiger partial charge in [0.15, 0.2) is 0 Å². The van der Waals surface area contributed by atoms with Gasteiger partial charge in [0.25, 0.3) is 5.91 Å². The molecule has 0 fully saturated rings. The van der Waals surface area contributed by atoms with Gasteiger partial charge < -0.3 is 19.0 Å². The van der Waals surface area contributed by atoms with E-state index in [0.717, 1.165) is 40.7 Å². The van der Waals surface area contributed by atoms with Gasteiger partial charge in [-0.25, -0.2) is 4.98 Å². The topological polar surface area (TPSA) is 80.6 Å². The highest BCUT2D eigenvalue weighted by atomic mass is 16.1. The molecule has 0 aliphatic heterocycles. The molecule has 0 bridgehead atoms. The number of aryl methyl sites for hydroxylation is 5. The van der Waals surface area contributed by atoms with Gasteiger partial charge in [0.05, 0.1) is 23.9 Å². The van der Waals surface area contributed by atoms with Crippen molar-refractivity contribution in [3.05, 3.63) is 107 Å². The molecule has 0 aliphatic rings. The number of imidazole rings is 2. The van der Waals surface area contributed by atoms with Gasteiger partial charge in [-0.15, -0.1) is 0 Å². The Morgan fingerprint density at radius 2 is 1.62 bits per heavy atom. The molecule has 2 heterocycles. The second-order valence-corrected chi connectivity index (χ2v) is 9.57. The minimum Gasteiger partial charge on any atom is -0.354 e. The first-order valence-electron chi connectivity index (χ1n) is 12.5. The Morgan fingerprint density at radius 3 is 2.32 bits per heavy atom. The van der Waals surface area contributed by atoms with Crippen molar-refractivity contribution in [3.8, 4) is 11.3 Å². The van der Waals surface area contributed by atoms with Gasteiger partial charge in [-0.05, 0) is 55.2 Å². The summed E-state index contributed by atoms with van der Waals surface area (Å²) >= 11 is 0. The molecule has 2 N–H and O–H groups in total. The lowest BCUT2D eigenvalue weighted by Gasteiger charge is -2.11. The molecule has 0 unspecified atom stereocenters. The molecule has 0 atom stereocenters. The summed E-state index contributed by atoms with van der Waals surface area (Å²) in [4.78, 5) is 17.1. The summed E-state index contributed by atoms with van der Waals surface area (Å²) in [6, 6.07) is 23.1. The summed E-state index contributed by atoms with van der Waals surface area (Å²) in [6.07, 6.45) is 2.53. The van der Waals surface area contributed by atoms with E-state index < -0.39 is 0 Å². The van der Waals surface area contributed by atoms with Crippen LogP contribution in [0.5, 0.6) is 0 Å². The second-order valence-electron chi connectivity index (χ2n) is 9.57. The molecule has 188 valence electrons. The molecule has 2 aromatic heterocycles. The number of benzene rings is 3.